The molecule has 1 atom stereocenters. The topological polar surface area (TPSA) is 20.3 Å². The number of hydrogen-bond donors (Lipinski definition) is 0. The summed E-state index contributed by atoms with van der Waals surface area (Å²) in [4.78, 5) is 14.4. The second-order valence-corrected chi connectivity index (χ2v) is 5.92. The van der Waals surface area contributed by atoms with E-state index in [1.54, 1.807) is 6.08 Å². The van der Waals surface area contributed by atoms with Crippen LogP contribution in [0.2, 0.25) is 5.02 Å². The van der Waals surface area contributed by atoms with Crippen LogP contribution in [0.5, 0.6) is 0 Å². The van der Waals surface area contributed by atoms with Crippen LogP contribution in [0.1, 0.15) is 30.0 Å². The first-order valence-corrected chi connectivity index (χ1v) is 7.91. The zero-order chi connectivity index (χ0) is 15.4. The van der Waals surface area contributed by atoms with Crippen LogP contribution in [-0.4, -0.2) is 17.4 Å². The molecule has 2 aromatic carbocycles. The Morgan fingerprint density at radius 1 is 1.09 bits per heavy atom. The summed E-state index contributed by atoms with van der Waals surface area (Å²) < 4.78 is 0. The molecule has 1 aliphatic rings. The van der Waals surface area contributed by atoms with Crippen LogP contribution in [0.15, 0.2) is 60.7 Å². The van der Waals surface area contributed by atoms with Gasteiger partial charge in [-0.05, 0) is 42.2 Å². The fraction of sp³-hybridized carbons (Fsp3) is 0.211. The van der Waals surface area contributed by atoms with Gasteiger partial charge in [-0.2, -0.15) is 0 Å². The van der Waals surface area contributed by atoms with Crippen LogP contribution in [0.25, 0.3) is 6.08 Å². The molecule has 0 aromatic heterocycles. The molecule has 22 heavy (non-hydrogen) atoms. The lowest BCUT2D eigenvalue weighted by atomic mass is 10.0. The molecule has 1 amide bonds. The molecule has 0 N–H and O–H groups in total. The first-order chi connectivity index (χ1) is 10.7. The number of carbonyl (C=O) groups excluding carboxylic acids is 1. The Bertz CT molecular complexity index is 664. The average molecular weight is 312 g/mol. The number of benzene rings is 2. The summed E-state index contributed by atoms with van der Waals surface area (Å²) >= 11 is 5.87. The van der Waals surface area contributed by atoms with E-state index in [1.165, 1.54) is 5.56 Å². The third-order valence-corrected chi connectivity index (χ3v) is 4.26. The van der Waals surface area contributed by atoms with Crippen molar-refractivity contribution in [2.75, 3.05) is 6.54 Å². The van der Waals surface area contributed by atoms with Gasteiger partial charge in [0.05, 0.1) is 6.04 Å². The van der Waals surface area contributed by atoms with Gasteiger partial charge in [-0.15, -0.1) is 0 Å². The molecule has 0 bridgehead atoms. The summed E-state index contributed by atoms with van der Waals surface area (Å²) in [5.74, 6) is 0.0707. The number of hydrogen-bond acceptors (Lipinski definition) is 1. The van der Waals surface area contributed by atoms with Gasteiger partial charge in [0.25, 0.3) is 0 Å². The molecule has 3 heteroatoms. The summed E-state index contributed by atoms with van der Waals surface area (Å²) in [6.45, 7) is 0.823. The molecule has 0 spiro atoms. The lowest BCUT2D eigenvalue weighted by Gasteiger charge is -2.23. The maximum absolute atomic E-state index is 12.5. The predicted octanol–water partition coefficient (Wildman–Crippen LogP) is 4.72. The number of rotatable bonds is 3. The molecule has 1 fully saturated rings. The maximum atomic E-state index is 12.5. The molecule has 112 valence electrons. The highest BCUT2D eigenvalue weighted by atomic mass is 35.5. The first kappa shape index (κ1) is 14.9. The van der Waals surface area contributed by atoms with E-state index in [-0.39, 0.29) is 11.9 Å². The van der Waals surface area contributed by atoms with Crippen molar-refractivity contribution in [1.29, 1.82) is 0 Å². The van der Waals surface area contributed by atoms with Gasteiger partial charge in [0.1, 0.15) is 0 Å². The number of likely N-dealkylation sites (tertiary alicyclic amines) is 1. The van der Waals surface area contributed by atoms with Crippen LogP contribution in [0.3, 0.4) is 0 Å². The summed E-state index contributed by atoms with van der Waals surface area (Å²) in [5, 5.41) is 0.701. The van der Waals surface area contributed by atoms with Gasteiger partial charge in [-0.3, -0.25) is 4.79 Å². The Balaban J connectivity index is 1.72. The Hall–Kier alpha value is -2.06. The Labute approximate surface area is 136 Å². The number of nitrogens with zero attached hydrogens (tertiary/aromatic N) is 1. The van der Waals surface area contributed by atoms with E-state index in [4.69, 9.17) is 11.6 Å². The monoisotopic (exact) mass is 311 g/mol. The zero-order valence-corrected chi connectivity index (χ0v) is 13.0. The van der Waals surface area contributed by atoms with Crippen molar-refractivity contribution in [3.8, 4) is 0 Å². The fourth-order valence-electron chi connectivity index (χ4n) is 2.89. The molecule has 1 saturated heterocycles. The van der Waals surface area contributed by atoms with Gasteiger partial charge in [0.2, 0.25) is 5.91 Å². The smallest absolute Gasteiger partial charge is 0.247 e. The van der Waals surface area contributed by atoms with Crippen molar-refractivity contribution in [2.24, 2.45) is 0 Å². The average Bonchev–Trinajstić information content (AvgIpc) is 3.04. The summed E-state index contributed by atoms with van der Waals surface area (Å²) in [6, 6.07) is 17.9. The summed E-state index contributed by atoms with van der Waals surface area (Å²) in [5.41, 5.74) is 2.20. The molecule has 0 radical (unpaired) electrons. The van der Waals surface area contributed by atoms with E-state index in [9.17, 15) is 4.79 Å². The fourth-order valence-corrected chi connectivity index (χ4v) is 3.02. The molecule has 2 nitrogen and oxygen atoms in total. The highest BCUT2D eigenvalue weighted by Crippen LogP contribution is 2.31. The van der Waals surface area contributed by atoms with Crippen LogP contribution < -0.4 is 0 Å². The Morgan fingerprint density at radius 2 is 1.82 bits per heavy atom. The second kappa shape index (κ2) is 6.80. The van der Waals surface area contributed by atoms with Gasteiger partial charge in [-0.1, -0.05) is 54.1 Å². The number of amides is 1. The normalized spacial score (nSPS) is 18.0. The van der Waals surface area contributed by atoms with E-state index in [0.29, 0.717) is 5.02 Å². The van der Waals surface area contributed by atoms with E-state index in [0.717, 1.165) is 24.9 Å². The Morgan fingerprint density at radius 3 is 2.55 bits per heavy atom. The lowest BCUT2D eigenvalue weighted by molar-refractivity contribution is -0.126. The van der Waals surface area contributed by atoms with E-state index in [2.05, 4.69) is 12.1 Å². The zero-order valence-electron chi connectivity index (χ0n) is 12.3. The molecule has 0 unspecified atom stereocenters. The van der Waals surface area contributed by atoms with Crippen molar-refractivity contribution in [2.45, 2.75) is 18.9 Å². The molecule has 1 heterocycles. The SMILES string of the molecule is O=C(/C=C/c1ccc(Cl)cc1)N1CCC[C@H]1c1ccccc1. The second-order valence-electron chi connectivity index (χ2n) is 5.49. The summed E-state index contributed by atoms with van der Waals surface area (Å²) in [6.07, 6.45) is 5.59. The molecule has 0 saturated carbocycles. The van der Waals surface area contributed by atoms with Crippen LogP contribution in [-0.2, 0) is 4.79 Å². The first-order valence-electron chi connectivity index (χ1n) is 7.53. The van der Waals surface area contributed by atoms with Crippen molar-refractivity contribution < 1.29 is 4.79 Å². The van der Waals surface area contributed by atoms with Crippen LogP contribution >= 0.6 is 11.6 Å². The van der Waals surface area contributed by atoms with Crippen molar-refractivity contribution in [3.63, 3.8) is 0 Å². The van der Waals surface area contributed by atoms with E-state index in [1.807, 2.05) is 53.4 Å². The van der Waals surface area contributed by atoms with Gasteiger partial charge >= 0.3 is 0 Å². The lowest BCUT2D eigenvalue weighted by Crippen LogP contribution is -2.28. The third-order valence-electron chi connectivity index (χ3n) is 4.01. The van der Waals surface area contributed by atoms with Crippen molar-refractivity contribution in [3.05, 3.63) is 76.8 Å². The van der Waals surface area contributed by atoms with Gasteiger partial charge in [0.15, 0.2) is 0 Å². The molecule has 2 aromatic rings. The maximum Gasteiger partial charge on any atom is 0.247 e. The Kier molecular flexibility index (Phi) is 4.59. The summed E-state index contributed by atoms with van der Waals surface area (Å²) in [7, 11) is 0. The van der Waals surface area contributed by atoms with Gasteiger partial charge < -0.3 is 4.90 Å². The minimum absolute atomic E-state index is 0.0707. The number of carbonyl (C=O) groups is 1. The molecule has 0 aliphatic carbocycles. The van der Waals surface area contributed by atoms with Crippen LogP contribution in [0.4, 0.5) is 0 Å². The molecule has 1 aliphatic heterocycles. The van der Waals surface area contributed by atoms with Crippen molar-refractivity contribution in [1.82, 2.24) is 4.90 Å². The van der Waals surface area contributed by atoms with E-state index < -0.39 is 0 Å². The molecular weight excluding hydrogens is 294 g/mol. The van der Waals surface area contributed by atoms with Gasteiger partial charge in [-0.25, -0.2) is 0 Å². The standard InChI is InChI=1S/C19H18ClNO/c20-17-11-8-15(9-12-17)10-13-19(22)21-14-4-7-18(21)16-5-2-1-3-6-16/h1-3,5-6,8-13,18H,4,7,14H2/b13-10+/t18-/m0/s1. The number of halogens is 1. The quantitative estimate of drug-likeness (QED) is 0.751. The molecule has 3 rings (SSSR count). The van der Waals surface area contributed by atoms with Gasteiger partial charge in [0, 0.05) is 17.6 Å². The largest absolute Gasteiger partial charge is 0.332 e. The van der Waals surface area contributed by atoms with Crippen LogP contribution in [0, 0.1) is 0 Å². The molecular formula is C19H18ClNO. The minimum Gasteiger partial charge on any atom is -0.332 e. The third kappa shape index (κ3) is 3.40. The van der Waals surface area contributed by atoms with Crippen molar-refractivity contribution >= 4 is 23.6 Å². The predicted molar refractivity (Wildman–Crippen MR) is 90.6 cm³/mol. The highest BCUT2D eigenvalue weighted by Gasteiger charge is 2.28. The minimum atomic E-state index is 0.0707. The highest BCUT2D eigenvalue weighted by molar-refractivity contribution is 6.30. The van der Waals surface area contributed by atoms with E-state index >= 15 is 0 Å².